The van der Waals surface area contributed by atoms with Crippen LogP contribution in [0.5, 0.6) is 0 Å². The average molecular weight is 372 g/mol. The van der Waals surface area contributed by atoms with Crippen LogP contribution in [0.25, 0.3) is 0 Å². The molecule has 0 aliphatic heterocycles. The van der Waals surface area contributed by atoms with Crippen molar-refractivity contribution < 1.29 is 14.4 Å². The van der Waals surface area contributed by atoms with Crippen LogP contribution in [0.3, 0.4) is 0 Å². The predicted molar refractivity (Wildman–Crippen MR) is 109 cm³/mol. The van der Waals surface area contributed by atoms with Gasteiger partial charge in [-0.3, -0.25) is 14.4 Å². The van der Waals surface area contributed by atoms with Gasteiger partial charge in [-0.25, -0.2) is 0 Å². The topological polar surface area (TPSA) is 75.3 Å². The molecule has 0 aliphatic rings. The molecular formula is C23H20N2O3. The maximum absolute atomic E-state index is 12.2. The van der Waals surface area contributed by atoms with Gasteiger partial charge in [-0.15, -0.1) is 0 Å². The maximum atomic E-state index is 12.2. The molecule has 0 saturated heterocycles. The Morgan fingerprint density at radius 3 is 1.82 bits per heavy atom. The van der Waals surface area contributed by atoms with E-state index in [0.29, 0.717) is 22.5 Å². The molecule has 0 heterocycles. The molecule has 3 rings (SSSR count). The summed E-state index contributed by atoms with van der Waals surface area (Å²) in [7, 11) is 0. The molecule has 0 spiro atoms. The van der Waals surface area contributed by atoms with E-state index < -0.39 is 0 Å². The summed E-state index contributed by atoms with van der Waals surface area (Å²) >= 11 is 0. The van der Waals surface area contributed by atoms with E-state index in [2.05, 4.69) is 10.6 Å². The molecule has 0 saturated carbocycles. The molecule has 140 valence electrons. The highest BCUT2D eigenvalue weighted by molar-refractivity contribution is 6.05. The fourth-order valence-corrected chi connectivity index (χ4v) is 2.69. The quantitative estimate of drug-likeness (QED) is 0.598. The van der Waals surface area contributed by atoms with Gasteiger partial charge < -0.3 is 10.6 Å². The first-order chi connectivity index (χ1) is 13.6. The molecule has 2 N–H and O–H groups in total. The Bertz CT molecular complexity index is 969. The minimum Gasteiger partial charge on any atom is -0.326 e. The first-order valence-electron chi connectivity index (χ1n) is 8.96. The third-order valence-electron chi connectivity index (χ3n) is 4.12. The second-order valence-corrected chi connectivity index (χ2v) is 6.24. The summed E-state index contributed by atoms with van der Waals surface area (Å²) in [5.41, 5.74) is 2.28. The number of hydrogen-bond donors (Lipinski definition) is 2. The summed E-state index contributed by atoms with van der Waals surface area (Å²) in [6, 6.07) is 24.7. The summed E-state index contributed by atoms with van der Waals surface area (Å²) in [4.78, 5) is 36.5. The van der Waals surface area contributed by atoms with E-state index in [4.69, 9.17) is 0 Å². The SMILES string of the molecule is O=C(CCC(=O)c1ccccc1)Nc1cccc(NC(=O)c2ccccc2)c1. The summed E-state index contributed by atoms with van der Waals surface area (Å²) in [5, 5.41) is 5.56. The van der Waals surface area contributed by atoms with Gasteiger partial charge in [-0.05, 0) is 30.3 Å². The van der Waals surface area contributed by atoms with E-state index in [9.17, 15) is 14.4 Å². The number of benzene rings is 3. The highest BCUT2D eigenvalue weighted by atomic mass is 16.2. The van der Waals surface area contributed by atoms with E-state index in [1.54, 1.807) is 72.8 Å². The molecule has 0 radical (unpaired) electrons. The number of carbonyl (C=O) groups excluding carboxylic acids is 3. The monoisotopic (exact) mass is 372 g/mol. The van der Waals surface area contributed by atoms with Gasteiger partial charge in [0.1, 0.15) is 0 Å². The normalized spacial score (nSPS) is 10.1. The zero-order valence-electron chi connectivity index (χ0n) is 15.2. The molecule has 5 nitrogen and oxygen atoms in total. The van der Waals surface area contributed by atoms with Gasteiger partial charge in [0.15, 0.2) is 5.78 Å². The molecular weight excluding hydrogens is 352 g/mol. The Kier molecular flexibility index (Phi) is 6.31. The fraction of sp³-hybridized carbons (Fsp3) is 0.0870. The molecule has 3 aromatic carbocycles. The molecule has 0 bridgehead atoms. The van der Waals surface area contributed by atoms with Crippen LogP contribution in [0.4, 0.5) is 11.4 Å². The highest BCUT2D eigenvalue weighted by Gasteiger charge is 2.10. The Labute approximate surface area is 163 Å². The predicted octanol–water partition coefficient (Wildman–Crippen LogP) is 4.54. The largest absolute Gasteiger partial charge is 0.326 e. The van der Waals surface area contributed by atoms with Crippen molar-refractivity contribution in [2.45, 2.75) is 12.8 Å². The van der Waals surface area contributed by atoms with E-state index >= 15 is 0 Å². The van der Waals surface area contributed by atoms with Crippen molar-refractivity contribution in [3.05, 3.63) is 96.1 Å². The van der Waals surface area contributed by atoms with Crippen LogP contribution in [0, 0.1) is 0 Å². The minimum absolute atomic E-state index is 0.0698. The maximum Gasteiger partial charge on any atom is 0.255 e. The van der Waals surface area contributed by atoms with Crippen LogP contribution in [0.2, 0.25) is 0 Å². The van der Waals surface area contributed by atoms with Gasteiger partial charge in [-0.2, -0.15) is 0 Å². The van der Waals surface area contributed by atoms with Crippen molar-refractivity contribution in [3.8, 4) is 0 Å². The number of amides is 2. The van der Waals surface area contributed by atoms with Crippen LogP contribution in [-0.2, 0) is 4.79 Å². The summed E-state index contributed by atoms with van der Waals surface area (Å²) in [5.74, 6) is -0.548. The molecule has 3 aromatic rings. The van der Waals surface area contributed by atoms with Crippen molar-refractivity contribution in [2.75, 3.05) is 10.6 Å². The highest BCUT2D eigenvalue weighted by Crippen LogP contribution is 2.17. The third-order valence-corrected chi connectivity index (χ3v) is 4.12. The molecule has 0 aromatic heterocycles. The first kappa shape index (κ1) is 19.0. The van der Waals surface area contributed by atoms with Crippen LogP contribution < -0.4 is 10.6 Å². The number of hydrogen-bond acceptors (Lipinski definition) is 3. The summed E-state index contributed by atoms with van der Waals surface area (Å²) < 4.78 is 0. The minimum atomic E-state index is -0.254. The third kappa shape index (κ3) is 5.38. The zero-order chi connectivity index (χ0) is 19.8. The van der Waals surface area contributed by atoms with Crippen LogP contribution in [0.1, 0.15) is 33.6 Å². The molecule has 0 aliphatic carbocycles. The van der Waals surface area contributed by atoms with Crippen LogP contribution in [0.15, 0.2) is 84.9 Å². The number of anilines is 2. The first-order valence-corrected chi connectivity index (χ1v) is 8.96. The van der Waals surface area contributed by atoms with Gasteiger partial charge >= 0.3 is 0 Å². The zero-order valence-corrected chi connectivity index (χ0v) is 15.2. The molecule has 2 amide bonds. The van der Waals surface area contributed by atoms with Crippen LogP contribution in [-0.4, -0.2) is 17.6 Å². The lowest BCUT2D eigenvalue weighted by atomic mass is 10.1. The molecule has 28 heavy (non-hydrogen) atoms. The smallest absolute Gasteiger partial charge is 0.255 e. The Morgan fingerprint density at radius 2 is 1.18 bits per heavy atom. The lowest BCUT2D eigenvalue weighted by molar-refractivity contribution is -0.116. The number of carbonyl (C=O) groups is 3. The van der Waals surface area contributed by atoms with Crippen molar-refractivity contribution in [1.82, 2.24) is 0 Å². The Morgan fingerprint density at radius 1 is 0.607 bits per heavy atom. The number of nitrogens with one attached hydrogen (secondary N) is 2. The number of ketones is 1. The van der Waals surface area contributed by atoms with Gasteiger partial charge in [0, 0.05) is 35.3 Å². The van der Waals surface area contributed by atoms with Crippen molar-refractivity contribution in [2.24, 2.45) is 0 Å². The molecule has 5 heteroatoms. The lowest BCUT2D eigenvalue weighted by Gasteiger charge is -2.09. The summed E-state index contributed by atoms with van der Waals surface area (Å²) in [6.07, 6.45) is 0.231. The van der Waals surface area contributed by atoms with Gasteiger partial charge in [0.2, 0.25) is 5.91 Å². The number of Topliss-reactive ketones (excluding diaryl/α,β-unsaturated/α-hetero) is 1. The standard InChI is InChI=1S/C23H20N2O3/c26-21(17-8-3-1-4-9-17)14-15-22(27)24-19-12-7-13-20(16-19)25-23(28)18-10-5-2-6-11-18/h1-13,16H,14-15H2,(H,24,27)(H,25,28). The van der Waals surface area contributed by atoms with Crippen molar-refractivity contribution in [1.29, 1.82) is 0 Å². The summed E-state index contributed by atoms with van der Waals surface area (Å²) in [6.45, 7) is 0. The second-order valence-electron chi connectivity index (χ2n) is 6.24. The van der Waals surface area contributed by atoms with Gasteiger partial charge in [0.25, 0.3) is 5.91 Å². The molecule has 0 fully saturated rings. The van der Waals surface area contributed by atoms with Gasteiger partial charge in [-0.1, -0.05) is 54.6 Å². The molecule has 0 atom stereocenters. The van der Waals surface area contributed by atoms with E-state index in [-0.39, 0.29) is 30.4 Å². The van der Waals surface area contributed by atoms with Gasteiger partial charge in [0.05, 0.1) is 0 Å². The lowest BCUT2D eigenvalue weighted by Crippen LogP contribution is -2.14. The Hall–Kier alpha value is -3.73. The Balaban J connectivity index is 1.54. The average Bonchev–Trinajstić information content (AvgIpc) is 2.73. The fourth-order valence-electron chi connectivity index (χ4n) is 2.69. The van der Waals surface area contributed by atoms with Crippen LogP contribution >= 0.6 is 0 Å². The van der Waals surface area contributed by atoms with E-state index in [1.807, 2.05) is 12.1 Å². The van der Waals surface area contributed by atoms with Crippen molar-refractivity contribution in [3.63, 3.8) is 0 Å². The number of rotatable bonds is 7. The van der Waals surface area contributed by atoms with E-state index in [1.165, 1.54) is 0 Å². The van der Waals surface area contributed by atoms with Crippen molar-refractivity contribution >= 4 is 29.0 Å². The second kappa shape index (κ2) is 9.28. The van der Waals surface area contributed by atoms with E-state index in [0.717, 1.165) is 0 Å². The molecule has 0 unspecified atom stereocenters.